The van der Waals surface area contributed by atoms with Crippen LogP contribution in [0.4, 0.5) is 4.39 Å². The Bertz CT molecular complexity index is 1340. The van der Waals surface area contributed by atoms with Crippen LogP contribution < -0.4 is 4.74 Å². The van der Waals surface area contributed by atoms with E-state index in [1.165, 1.54) is 30.3 Å². The Labute approximate surface area is 203 Å². The predicted molar refractivity (Wildman–Crippen MR) is 124 cm³/mol. The van der Waals surface area contributed by atoms with Gasteiger partial charge in [-0.2, -0.15) is 0 Å². The quantitative estimate of drug-likeness (QED) is 0.473. The van der Waals surface area contributed by atoms with Crippen LogP contribution in [0.3, 0.4) is 0 Å². The van der Waals surface area contributed by atoms with Crippen molar-refractivity contribution in [3.8, 4) is 16.2 Å². The summed E-state index contributed by atoms with van der Waals surface area (Å²) in [5, 5.41) is 9.45. The lowest BCUT2D eigenvalue weighted by Gasteiger charge is -2.17. The Balaban J connectivity index is 1.70. The maximum atomic E-state index is 13.4. The van der Waals surface area contributed by atoms with E-state index in [-0.39, 0.29) is 41.3 Å². The van der Waals surface area contributed by atoms with Crippen LogP contribution in [0.5, 0.6) is 5.75 Å². The molecule has 1 saturated heterocycles. The van der Waals surface area contributed by atoms with Crippen LogP contribution >= 0.6 is 11.3 Å². The third-order valence-corrected chi connectivity index (χ3v) is 7.17. The summed E-state index contributed by atoms with van der Waals surface area (Å²) in [5.41, 5.74) is 1.53. The summed E-state index contributed by atoms with van der Waals surface area (Å²) in [6.07, 6.45) is 1.59. The number of rotatable bonds is 7. The molecule has 0 aliphatic carbocycles. The normalized spacial score (nSPS) is 16.2. The Morgan fingerprint density at radius 2 is 1.97 bits per heavy atom. The van der Waals surface area contributed by atoms with Crippen LogP contribution in [0, 0.1) is 5.82 Å². The molecule has 35 heavy (non-hydrogen) atoms. The van der Waals surface area contributed by atoms with Gasteiger partial charge in [0.25, 0.3) is 5.91 Å². The molecule has 3 aromatic rings. The van der Waals surface area contributed by atoms with Crippen molar-refractivity contribution >= 4 is 29.2 Å². The van der Waals surface area contributed by atoms with E-state index < -0.39 is 17.8 Å². The highest BCUT2D eigenvalue weighted by atomic mass is 32.1. The summed E-state index contributed by atoms with van der Waals surface area (Å²) < 4.78 is 24.5. The number of amides is 1. The van der Waals surface area contributed by atoms with Gasteiger partial charge in [-0.05, 0) is 56.2 Å². The van der Waals surface area contributed by atoms with E-state index in [1.54, 1.807) is 17.9 Å². The highest BCUT2D eigenvalue weighted by molar-refractivity contribution is 7.17. The van der Waals surface area contributed by atoms with Crippen molar-refractivity contribution < 1.29 is 33.4 Å². The zero-order valence-corrected chi connectivity index (χ0v) is 19.6. The number of carboxylic acids is 1. The van der Waals surface area contributed by atoms with Crippen molar-refractivity contribution in [1.29, 1.82) is 0 Å². The minimum Gasteiger partial charge on any atom is -0.487 e. The average molecular weight is 497 g/mol. The van der Waals surface area contributed by atoms with Crippen molar-refractivity contribution in [2.24, 2.45) is 0 Å². The molecule has 2 aliphatic heterocycles. The average Bonchev–Trinajstić information content (AvgIpc) is 3.57. The molecule has 1 aromatic carbocycles. The number of carboxylic acid groups (broad SMARTS) is 1. The Kier molecular flexibility index (Phi) is 5.98. The molecule has 0 spiro atoms. The molecule has 1 N–H and O–H groups in total. The van der Waals surface area contributed by atoms with Gasteiger partial charge in [0.1, 0.15) is 23.1 Å². The molecule has 180 valence electrons. The zero-order chi connectivity index (χ0) is 24.7. The number of fused-ring (bicyclic) bond motifs is 3. The lowest BCUT2D eigenvalue weighted by Crippen LogP contribution is -2.23. The number of carbonyl (C=O) groups is 3. The van der Waals surface area contributed by atoms with E-state index in [1.807, 2.05) is 0 Å². The number of aromatic nitrogens is 1. The number of pyridine rings is 1. The molecule has 1 fully saturated rings. The number of halogens is 1. The topological polar surface area (TPSA) is 106 Å². The second kappa shape index (κ2) is 9.10. The van der Waals surface area contributed by atoms with Crippen LogP contribution in [0.2, 0.25) is 0 Å². The molecule has 1 atom stereocenters. The third kappa shape index (κ3) is 4.03. The van der Waals surface area contributed by atoms with Gasteiger partial charge < -0.3 is 19.5 Å². The summed E-state index contributed by atoms with van der Waals surface area (Å²) in [5.74, 6) is -2.04. The van der Waals surface area contributed by atoms with Crippen molar-refractivity contribution in [3.63, 3.8) is 0 Å². The fourth-order valence-corrected chi connectivity index (χ4v) is 5.50. The van der Waals surface area contributed by atoms with Crippen LogP contribution in [0.25, 0.3) is 10.4 Å². The standard InChI is InChI=1S/C25H21FN2O6S/c1-2-33-25(32)19-15(12-34-14-7-5-13(26)6-8-14)27-22-16-4-3-11-28(16)23(29)21(22)20(19)17-9-10-18(35-17)24(30)31/h5-10,16H,2-4,11-12H2,1H3,(H,30,31). The van der Waals surface area contributed by atoms with Gasteiger partial charge in [0.05, 0.1) is 35.2 Å². The van der Waals surface area contributed by atoms with E-state index in [4.69, 9.17) is 14.5 Å². The number of benzene rings is 1. The van der Waals surface area contributed by atoms with E-state index in [0.717, 1.165) is 24.2 Å². The Morgan fingerprint density at radius 3 is 2.66 bits per heavy atom. The van der Waals surface area contributed by atoms with Gasteiger partial charge >= 0.3 is 11.9 Å². The summed E-state index contributed by atoms with van der Waals surface area (Å²) in [4.78, 5) is 45.2. The molecule has 4 heterocycles. The summed E-state index contributed by atoms with van der Waals surface area (Å²) >= 11 is 0.976. The Morgan fingerprint density at radius 1 is 1.20 bits per heavy atom. The maximum absolute atomic E-state index is 13.4. The number of esters is 1. The molecule has 1 unspecified atom stereocenters. The third-order valence-electron chi connectivity index (χ3n) is 6.08. The summed E-state index contributed by atoms with van der Waals surface area (Å²) in [7, 11) is 0. The minimum atomic E-state index is -1.10. The molecule has 1 amide bonds. The number of aromatic carboxylic acids is 1. The van der Waals surface area contributed by atoms with Crippen LogP contribution in [-0.4, -0.2) is 46.0 Å². The van der Waals surface area contributed by atoms with Gasteiger partial charge in [0.15, 0.2) is 0 Å². The first kappa shape index (κ1) is 23.0. The number of thiophene rings is 1. The smallest absolute Gasteiger partial charge is 0.345 e. The number of hydrogen-bond donors (Lipinski definition) is 1. The molecule has 10 heteroatoms. The van der Waals surface area contributed by atoms with E-state index in [0.29, 0.717) is 34.0 Å². The molecule has 5 rings (SSSR count). The second-order valence-electron chi connectivity index (χ2n) is 8.16. The molecule has 0 saturated carbocycles. The first-order valence-electron chi connectivity index (χ1n) is 11.2. The Hall–Kier alpha value is -3.79. The lowest BCUT2D eigenvalue weighted by molar-refractivity contribution is 0.0523. The number of nitrogens with zero attached hydrogens (tertiary/aromatic N) is 2. The van der Waals surface area contributed by atoms with E-state index in [9.17, 15) is 23.9 Å². The van der Waals surface area contributed by atoms with Crippen LogP contribution in [0.15, 0.2) is 36.4 Å². The number of hydrogen-bond acceptors (Lipinski definition) is 7. The minimum absolute atomic E-state index is 0.0704. The molecule has 2 aliphatic rings. The maximum Gasteiger partial charge on any atom is 0.345 e. The second-order valence-corrected chi connectivity index (χ2v) is 9.24. The zero-order valence-electron chi connectivity index (χ0n) is 18.7. The summed E-state index contributed by atoms with van der Waals surface area (Å²) in [6, 6.07) is 8.28. The molecular weight excluding hydrogens is 475 g/mol. The summed E-state index contributed by atoms with van der Waals surface area (Å²) in [6.45, 7) is 2.22. The van der Waals surface area contributed by atoms with Crippen molar-refractivity contribution in [2.75, 3.05) is 13.2 Å². The van der Waals surface area contributed by atoms with E-state index in [2.05, 4.69) is 0 Å². The van der Waals surface area contributed by atoms with Gasteiger partial charge in [-0.15, -0.1) is 11.3 Å². The van der Waals surface area contributed by atoms with Gasteiger partial charge in [0.2, 0.25) is 0 Å². The number of ether oxygens (including phenoxy) is 2. The molecule has 0 radical (unpaired) electrons. The molecule has 0 bridgehead atoms. The predicted octanol–water partition coefficient (Wildman–Crippen LogP) is 4.69. The fourth-order valence-electron chi connectivity index (χ4n) is 4.59. The molecular formula is C25H21FN2O6S. The molecule has 8 nitrogen and oxygen atoms in total. The van der Waals surface area contributed by atoms with Crippen molar-refractivity contribution in [1.82, 2.24) is 9.88 Å². The van der Waals surface area contributed by atoms with Gasteiger partial charge in [-0.3, -0.25) is 9.78 Å². The first-order valence-corrected chi connectivity index (χ1v) is 12.0. The monoisotopic (exact) mass is 496 g/mol. The highest BCUT2D eigenvalue weighted by Crippen LogP contribution is 2.46. The van der Waals surface area contributed by atoms with Crippen LogP contribution in [-0.2, 0) is 11.3 Å². The van der Waals surface area contributed by atoms with Gasteiger partial charge in [-0.1, -0.05) is 0 Å². The number of carbonyl (C=O) groups excluding carboxylic acids is 2. The van der Waals surface area contributed by atoms with Gasteiger partial charge in [-0.25, -0.2) is 14.0 Å². The van der Waals surface area contributed by atoms with Crippen molar-refractivity contribution in [3.05, 3.63) is 69.6 Å². The molecule has 2 aromatic heterocycles. The lowest BCUT2D eigenvalue weighted by atomic mass is 9.95. The SMILES string of the molecule is CCOC(=O)c1c(COc2ccc(F)cc2)nc2c(c1-c1ccc(C(=O)O)s1)C(=O)N1CCCC21. The fraction of sp³-hybridized carbons (Fsp3) is 0.280. The van der Waals surface area contributed by atoms with Crippen molar-refractivity contribution in [2.45, 2.75) is 32.4 Å². The van der Waals surface area contributed by atoms with Gasteiger partial charge in [0, 0.05) is 17.0 Å². The largest absolute Gasteiger partial charge is 0.487 e. The first-order chi connectivity index (χ1) is 16.9. The highest BCUT2D eigenvalue weighted by Gasteiger charge is 2.45. The van der Waals surface area contributed by atoms with Crippen LogP contribution in [0.1, 0.15) is 67.6 Å². The van der Waals surface area contributed by atoms with E-state index >= 15 is 0 Å².